The molecule has 6 nitrogen and oxygen atoms in total. The molecule has 1 aromatic heterocycles. The maximum Gasteiger partial charge on any atom is 0.514 e. The molecule has 0 radical (unpaired) electrons. The fourth-order valence-electron chi connectivity index (χ4n) is 2.28. The Hall–Kier alpha value is -1.60. The Labute approximate surface area is 115 Å². The highest BCUT2D eigenvalue weighted by molar-refractivity contribution is 7.17. The highest BCUT2D eigenvalue weighted by atomic mass is 32.1. The van der Waals surface area contributed by atoms with Crippen LogP contribution in [0.25, 0.3) is 0 Å². The van der Waals surface area contributed by atoms with Crippen molar-refractivity contribution in [3.8, 4) is 5.06 Å². The van der Waals surface area contributed by atoms with Crippen molar-refractivity contribution in [2.75, 3.05) is 37.7 Å². The Balaban J connectivity index is 1.61. The summed E-state index contributed by atoms with van der Waals surface area (Å²) in [5.41, 5.74) is 2.92. The summed E-state index contributed by atoms with van der Waals surface area (Å²) < 4.78 is 9.76. The highest BCUT2D eigenvalue weighted by Crippen LogP contribution is 2.33. The molecule has 0 aromatic carbocycles. The molecular weight excluding hydrogens is 266 g/mol. The normalized spacial score (nSPS) is 17.8. The van der Waals surface area contributed by atoms with Gasteiger partial charge in [0.05, 0.1) is 12.8 Å². The Morgan fingerprint density at radius 2 is 2.21 bits per heavy atom. The molecule has 0 aliphatic carbocycles. The monoisotopic (exact) mass is 281 g/mol. The third-order valence-corrected chi connectivity index (χ3v) is 4.07. The van der Waals surface area contributed by atoms with Gasteiger partial charge in [0.25, 0.3) is 0 Å². The second-order valence-electron chi connectivity index (χ2n) is 4.41. The van der Waals surface area contributed by atoms with Crippen LogP contribution in [0.1, 0.15) is 6.92 Å². The fraction of sp³-hybridized carbons (Fsp3) is 0.500. The van der Waals surface area contributed by atoms with Gasteiger partial charge in [0.1, 0.15) is 0 Å². The summed E-state index contributed by atoms with van der Waals surface area (Å²) in [5.74, 6) is 0. The topological polar surface area (TPSA) is 63.7 Å². The quantitative estimate of drug-likeness (QED) is 0.667. The number of ether oxygens (including phenoxy) is 2. The van der Waals surface area contributed by atoms with Crippen molar-refractivity contribution in [1.29, 1.82) is 0 Å². The minimum atomic E-state index is -0.677. The van der Waals surface area contributed by atoms with Crippen LogP contribution < -0.4 is 15.0 Å². The second kappa shape index (κ2) is 5.18. The summed E-state index contributed by atoms with van der Waals surface area (Å²) in [4.78, 5) is 17.7. The molecule has 0 unspecified atom stereocenters. The number of nitrogens with zero attached hydrogens (tertiary/aromatic N) is 2. The maximum absolute atomic E-state index is 11.2. The zero-order chi connectivity index (χ0) is 13.2. The molecule has 7 heteroatoms. The second-order valence-corrected chi connectivity index (χ2v) is 5.39. The summed E-state index contributed by atoms with van der Waals surface area (Å²) in [6.45, 7) is 5.82. The van der Waals surface area contributed by atoms with Crippen molar-refractivity contribution in [2.24, 2.45) is 0 Å². The van der Waals surface area contributed by atoms with Crippen molar-refractivity contribution >= 4 is 22.6 Å². The number of hydrogen-bond donors (Lipinski definition) is 1. The molecule has 1 aromatic rings. The standard InChI is InChI=1S/C12H15N3O3S/c1-2-17-12(16)18-10-5-14-11(19-10)15-6-8-3-13-4-9(8)7-15/h5,13H,2-4,6-7H2,1H3. The van der Waals surface area contributed by atoms with Crippen molar-refractivity contribution in [2.45, 2.75) is 6.92 Å². The number of anilines is 1. The summed E-state index contributed by atoms with van der Waals surface area (Å²) in [6, 6.07) is 0. The third kappa shape index (κ3) is 2.57. The van der Waals surface area contributed by atoms with Crippen LogP contribution in [0.15, 0.2) is 17.3 Å². The third-order valence-electron chi connectivity index (χ3n) is 3.13. The largest absolute Gasteiger partial charge is 0.514 e. The minimum absolute atomic E-state index is 0.306. The van der Waals surface area contributed by atoms with Gasteiger partial charge in [0.15, 0.2) is 5.13 Å². The number of nitrogens with one attached hydrogen (secondary N) is 1. The van der Waals surface area contributed by atoms with E-state index in [1.807, 2.05) is 0 Å². The van der Waals surface area contributed by atoms with Crippen LogP contribution in [-0.2, 0) is 4.74 Å². The van der Waals surface area contributed by atoms with Gasteiger partial charge in [0.2, 0.25) is 5.06 Å². The molecule has 0 saturated heterocycles. The fourth-order valence-corrected chi connectivity index (χ4v) is 3.03. The zero-order valence-electron chi connectivity index (χ0n) is 10.6. The first-order valence-electron chi connectivity index (χ1n) is 6.22. The van der Waals surface area contributed by atoms with Gasteiger partial charge < -0.3 is 19.7 Å². The van der Waals surface area contributed by atoms with E-state index in [1.165, 1.54) is 22.5 Å². The van der Waals surface area contributed by atoms with Gasteiger partial charge >= 0.3 is 6.16 Å². The molecule has 0 amide bonds. The molecule has 0 fully saturated rings. The molecule has 0 saturated carbocycles. The highest BCUT2D eigenvalue weighted by Gasteiger charge is 2.27. The van der Waals surface area contributed by atoms with Gasteiger partial charge in [-0.25, -0.2) is 9.78 Å². The number of thiazole rings is 1. The number of aromatic nitrogens is 1. The SMILES string of the molecule is CCOC(=O)Oc1cnc(N2CC3=C(CNC3)C2)s1. The smallest absolute Gasteiger partial charge is 0.434 e. The lowest BCUT2D eigenvalue weighted by atomic mass is 10.2. The lowest BCUT2D eigenvalue weighted by Crippen LogP contribution is -2.26. The molecule has 102 valence electrons. The minimum Gasteiger partial charge on any atom is -0.434 e. The van der Waals surface area contributed by atoms with E-state index in [9.17, 15) is 4.79 Å². The van der Waals surface area contributed by atoms with E-state index >= 15 is 0 Å². The van der Waals surface area contributed by atoms with Crippen molar-refractivity contribution in [3.63, 3.8) is 0 Å². The molecular formula is C12H15N3O3S. The van der Waals surface area contributed by atoms with Crippen molar-refractivity contribution in [3.05, 3.63) is 17.3 Å². The number of hydrogen-bond acceptors (Lipinski definition) is 7. The van der Waals surface area contributed by atoms with Crippen LogP contribution in [0.3, 0.4) is 0 Å². The average Bonchev–Trinajstić information content (AvgIpc) is 3.01. The molecule has 19 heavy (non-hydrogen) atoms. The van der Waals surface area contributed by atoms with E-state index in [0.717, 1.165) is 31.3 Å². The van der Waals surface area contributed by atoms with Crippen LogP contribution in [0.5, 0.6) is 5.06 Å². The van der Waals surface area contributed by atoms with E-state index in [-0.39, 0.29) is 0 Å². The Morgan fingerprint density at radius 1 is 1.47 bits per heavy atom. The number of rotatable bonds is 3. The number of carbonyl (C=O) groups excluding carboxylic acids is 1. The predicted octanol–water partition coefficient (Wildman–Crippen LogP) is 1.40. The van der Waals surface area contributed by atoms with E-state index in [4.69, 9.17) is 9.47 Å². The van der Waals surface area contributed by atoms with Crippen LogP contribution in [-0.4, -0.2) is 43.9 Å². The first-order valence-corrected chi connectivity index (χ1v) is 7.03. The number of carbonyl (C=O) groups is 1. The van der Waals surface area contributed by atoms with Gasteiger partial charge in [0, 0.05) is 26.2 Å². The molecule has 1 N–H and O–H groups in total. The van der Waals surface area contributed by atoms with Crippen molar-refractivity contribution in [1.82, 2.24) is 10.3 Å². The van der Waals surface area contributed by atoms with Crippen LogP contribution in [0.2, 0.25) is 0 Å². The van der Waals surface area contributed by atoms with Crippen molar-refractivity contribution < 1.29 is 14.3 Å². The van der Waals surface area contributed by atoms with E-state index in [1.54, 1.807) is 13.1 Å². The summed E-state index contributed by atoms with van der Waals surface area (Å²) in [6.07, 6.45) is 0.891. The molecule has 0 bridgehead atoms. The van der Waals surface area contributed by atoms with Gasteiger partial charge in [-0.05, 0) is 18.1 Å². The first kappa shape index (κ1) is 12.4. The lowest BCUT2D eigenvalue weighted by molar-refractivity contribution is 0.105. The average molecular weight is 281 g/mol. The predicted molar refractivity (Wildman–Crippen MR) is 71.9 cm³/mol. The van der Waals surface area contributed by atoms with Crippen LogP contribution >= 0.6 is 11.3 Å². The van der Waals surface area contributed by atoms with E-state index < -0.39 is 6.16 Å². The van der Waals surface area contributed by atoms with E-state index in [0.29, 0.717) is 11.7 Å². The van der Waals surface area contributed by atoms with Gasteiger partial charge in [-0.3, -0.25) is 0 Å². The Kier molecular flexibility index (Phi) is 3.39. The van der Waals surface area contributed by atoms with Gasteiger partial charge in [-0.1, -0.05) is 11.3 Å². The summed E-state index contributed by atoms with van der Waals surface area (Å²) in [5, 5.41) is 4.69. The lowest BCUT2D eigenvalue weighted by Gasteiger charge is -2.16. The molecule has 0 atom stereocenters. The first-order chi connectivity index (χ1) is 9.26. The molecule has 2 aliphatic heterocycles. The van der Waals surface area contributed by atoms with Crippen LogP contribution in [0, 0.1) is 0 Å². The summed E-state index contributed by atoms with van der Waals surface area (Å²) in [7, 11) is 0. The zero-order valence-corrected chi connectivity index (χ0v) is 11.5. The Bertz CT molecular complexity index is 510. The van der Waals surface area contributed by atoms with Gasteiger partial charge in [-0.15, -0.1) is 0 Å². The van der Waals surface area contributed by atoms with E-state index in [2.05, 4.69) is 15.2 Å². The summed E-state index contributed by atoms with van der Waals surface area (Å²) >= 11 is 1.37. The molecule has 3 rings (SSSR count). The van der Waals surface area contributed by atoms with Gasteiger partial charge in [-0.2, -0.15) is 0 Å². The Morgan fingerprint density at radius 3 is 2.89 bits per heavy atom. The molecule has 0 spiro atoms. The van der Waals surface area contributed by atoms with Crippen LogP contribution in [0.4, 0.5) is 9.93 Å². The maximum atomic E-state index is 11.2. The molecule has 2 aliphatic rings. The molecule has 3 heterocycles.